The van der Waals surface area contributed by atoms with Gasteiger partial charge in [-0.3, -0.25) is 4.79 Å². The first-order valence-electron chi connectivity index (χ1n) is 6.66. The second kappa shape index (κ2) is 6.08. The lowest BCUT2D eigenvalue weighted by Gasteiger charge is -2.36. The van der Waals surface area contributed by atoms with Crippen molar-refractivity contribution < 1.29 is 24.2 Å². The van der Waals surface area contributed by atoms with Gasteiger partial charge >= 0.3 is 12.0 Å². The fraction of sp³-hybridized carbons (Fsp3) is 0.750. The zero-order chi connectivity index (χ0) is 14.7. The first-order valence-corrected chi connectivity index (χ1v) is 6.66. The number of likely N-dealkylation sites (tertiary alicyclic amines) is 1. The van der Waals surface area contributed by atoms with E-state index >= 15 is 0 Å². The molecule has 2 rings (SSSR count). The number of piperidine rings is 1. The summed E-state index contributed by atoms with van der Waals surface area (Å²) in [5, 5.41) is 8.93. The molecular weight excluding hydrogens is 266 g/mol. The van der Waals surface area contributed by atoms with E-state index < -0.39 is 18.1 Å². The van der Waals surface area contributed by atoms with E-state index in [0.717, 1.165) is 6.42 Å². The van der Waals surface area contributed by atoms with Crippen LogP contribution in [-0.4, -0.2) is 71.7 Å². The Hall–Kier alpha value is -1.83. The standard InChI is InChI=1S/C12H19N3O5/c13-12(19)15-3-1-2-8(6-15)10(16)14-4-5-20-9(7-14)11(17)18/h8-9H,1-7H2,(H2,13,19)(H,17,18). The van der Waals surface area contributed by atoms with Gasteiger partial charge in [0.15, 0.2) is 6.10 Å². The van der Waals surface area contributed by atoms with Crippen molar-refractivity contribution in [3.05, 3.63) is 0 Å². The van der Waals surface area contributed by atoms with Crippen molar-refractivity contribution in [2.24, 2.45) is 11.7 Å². The maximum atomic E-state index is 12.4. The van der Waals surface area contributed by atoms with Crippen LogP contribution in [-0.2, 0) is 14.3 Å². The average molecular weight is 285 g/mol. The van der Waals surface area contributed by atoms with Crippen molar-refractivity contribution in [3.8, 4) is 0 Å². The fourth-order valence-electron chi connectivity index (χ4n) is 2.64. The number of nitrogens with zero attached hydrogens (tertiary/aromatic N) is 2. The van der Waals surface area contributed by atoms with Crippen LogP contribution in [0.1, 0.15) is 12.8 Å². The molecule has 8 heteroatoms. The van der Waals surface area contributed by atoms with Crippen LogP contribution < -0.4 is 5.73 Å². The van der Waals surface area contributed by atoms with Crippen molar-refractivity contribution in [2.45, 2.75) is 18.9 Å². The molecule has 8 nitrogen and oxygen atoms in total. The van der Waals surface area contributed by atoms with Crippen LogP contribution in [0.2, 0.25) is 0 Å². The van der Waals surface area contributed by atoms with Gasteiger partial charge in [-0.2, -0.15) is 0 Å². The molecule has 0 aromatic rings. The van der Waals surface area contributed by atoms with Crippen molar-refractivity contribution in [1.82, 2.24) is 9.80 Å². The molecule has 2 atom stereocenters. The lowest BCUT2D eigenvalue weighted by Crippen LogP contribution is -2.53. The van der Waals surface area contributed by atoms with Crippen LogP contribution in [0.15, 0.2) is 0 Å². The van der Waals surface area contributed by atoms with Crippen molar-refractivity contribution in [2.75, 3.05) is 32.8 Å². The van der Waals surface area contributed by atoms with Gasteiger partial charge in [0.05, 0.1) is 19.1 Å². The van der Waals surface area contributed by atoms with Gasteiger partial charge in [0.2, 0.25) is 5.91 Å². The third kappa shape index (κ3) is 3.19. The number of hydrogen-bond donors (Lipinski definition) is 2. The number of morpholine rings is 1. The van der Waals surface area contributed by atoms with E-state index in [1.165, 1.54) is 9.80 Å². The van der Waals surface area contributed by atoms with Crippen LogP contribution in [0.4, 0.5) is 4.79 Å². The summed E-state index contributed by atoms with van der Waals surface area (Å²) < 4.78 is 5.09. The molecule has 20 heavy (non-hydrogen) atoms. The Morgan fingerprint density at radius 3 is 2.55 bits per heavy atom. The minimum atomic E-state index is -1.06. The van der Waals surface area contributed by atoms with Gasteiger partial charge in [-0.05, 0) is 12.8 Å². The molecule has 3 N–H and O–H groups in total. The summed E-state index contributed by atoms with van der Waals surface area (Å²) in [5.74, 6) is -1.49. The molecule has 0 aromatic carbocycles. The largest absolute Gasteiger partial charge is 0.479 e. The minimum Gasteiger partial charge on any atom is -0.479 e. The minimum absolute atomic E-state index is 0.0568. The maximum Gasteiger partial charge on any atom is 0.334 e. The quantitative estimate of drug-likeness (QED) is 0.682. The molecule has 3 amide bonds. The summed E-state index contributed by atoms with van der Waals surface area (Å²) in [4.78, 5) is 37.4. The molecule has 2 unspecified atom stereocenters. The number of primary amides is 1. The molecule has 2 heterocycles. The highest BCUT2D eigenvalue weighted by Gasteiger charge is 2.34. The third-order valence-electron chi connectivity index (χ3n) is 3.74. The molecule has 2 aliphatic rings. The Bertz CT molecular complexity index is 378. The topological polar surface area (TPSA) is 113 Å². The molecule has 0 aliphatic carbocycles. The number of carboxylic acid groups (broad SMARTS) is 1. The van der Waals surface area contributed by atoms with Crippen molar-refractivity contribution in [3.63, 3.8) is 0 Å². The summed E-state index contributed by atoms with van der Waals surface area (Å²) in [6.07, 6.45) is 0.451. The van der Waals surface area contributed by atoms with E-state index in [0.29, 0.717) is 26.1 Å². The zero-order valence-electron chi connectivity index (χ0n) is 11.2. The summed E-state index contributed by atoms with van der Waals surface area (Å²) in [6.45, 7) is 1.54. The van der Waals surface area contributed by atoms with Gasteiger partial charge in [0, 0.05) is 19.6 Å². The fourth-order valence-corrected chi connectivity index (χ4v) is 2.64. The Labute approximate surface area is 116 Å². The predicted molar refractivity (Wildman–Crippen MR) is 67.8 cm³/mol. The lowest BCUT2D eigenvalue weighted by atomic mass is 9.96. The Balaban J connectivity index is 1.96. The molecule has 0 radical (unpaired) electrons. The van der Waals surface area contributed by atoms with E-state index in [1.54, 1.807) is 0 Å². The van der Waals surface area contributed by atoms with Gasteiger partial charge in [-0.25, -0.2) is 9.59 Å². The number of carbonyl (C=O) groups is 3. The SMILES string of the molecule is NC(=O)N1CCCC(C(=O)N2CCOC(C(=O)O)C2)C1. The summed E-state index contributed by atoms with van der Waals surface area (Å²) >= 11 is 0. The van der Waals surface area contributed by atoms with Crippen molar-refractivity contribution >= 4 is 17.9 Å². The molecule has 0 saturated carbocycles. The monoisotopic (exact) mass is 285 g/mol. The van der Waals surface area contributed by atoms with Gasteiger partial charge in [-0.1, -0.05) is 0 Å². The van der Waals surface area contributed by atoms with Gasteiger partial charge in [-0.15, -0.1) is 0 Å². The van der Waals surface area contributed by atoms with Gasteiger partial charge in [0.25, 0.3) is 0 Å². The Kier molecular flexibility index (Phi) is 4.43. The summed E-state index contributed by atoms with van der Waals surface area (Å²) in [6, 6.07) is -0.520. The highest BCUT2D eigenvalue weighted by molar-refractivity contribution is 5.82. The van der Waals surface area contributed by atoms with E-state index in [9.17, 15) is 14.4 Å². The number of amides is 3. The zero-order valence-corrected chi connectivity index (χ0v) is 11.2. The van der Waals surface area contributed by atoms with Crippen LogP contribution in [0.3, 0.4) is 0 Å². The molecule has 0 spiro atoms. The number of nitrogens with two attached hydrogens (primary N) is 1. The number of ether oxygens (including phenoxy) is 1. The molecular formula is C12H19N3O5. The maximum absolute atomic E-state index is 12.4. The number of aliphatic carboxylic acids is 1. The lowest BCUT2D eigenvalue weighted by molar-refractivity contribution is -0.160. The average Bonchev–Trinajstić information content (AvgIpc) is 2.46. The normalized spacial score (nSPS) is 27.2. The van der Waals surface area contributed by atoms with Gasteiger partial charge in [0.1, 0.15) is 0 Å². The number of urea groups is 1. The second-order valence-electron chi connectivity index (χ2n) is 5.11. The molecule has 2 fully saturated rings. The van der Waals surface area contributed by atoms with Crippen molar-refractivity contribution in [1.29, 1.82) is 0 Å². The third-order valence-corrected chi connectivity index (χ3v) is 3.74. The van der Waals surface area contributed by atoms with Crippen LogP contribution in [0.5, 0.6) is 0 Å². The molecule has 2 saturated heterocycles. The van der Waals surface area contributed by atoms with Gasteiger partial charge < -0.3 is 25.4 Å². The first-order chi connectivity index (χ1) is 9.49. The first kappa shape index (κ1) is 14.6. The predicted octanol–water partition coefficient (Wildman–Crippen LogP) is -0.911. The molecule has 0 aromatic heterocycles. The Morgan fingerprint density at radius 2 is 1.90 bits per heavy atom. The Morgan fingerprint density at radius 1 is 1.15 bits per heavy atom. The van der Waals surface area contributed by atoms with E-state index in [-0.39, 0.29) is 25.0 Å². The van der Waals surface area contributed by atoms with E-state index in [2.05, 4.69) is 0 Å². The van der Waals surface area contributed by atoms with E-state index in [4.69, 9.17) is 15.6 Å². The van der Waals surface area contributed by atoms with Crippen LogP contribution in [0, 0.1) is 5.92 Å². The molecule has 2 aliphatic heterocycles. The summed E-state index contributed by atoms with van der Waals surface area (Å²) in [7, 11) is 0. The summed E-state index contributed by atoms with van der Waals surface area (Å²) in [5.41, 5.74) is 5.23. The second-order valence-corrected chi connectivity index (χ2v) is 5.11. The number of carbonyl (C=O) groups excluding carboxylic acids is 2. The number of hydrogen-bond acceptors (Lipinski definition) is 4. The highest BCUT2D eigenvalue weighted by atomic mass is 16.5. The highest BCUT2D eigenvalue weighted by Crippen LogP contribution is 2.20. The smallest absolute Gasteiger partial charge is 0.334 e. The molecule has 112 valence electrons. The number of rotatable bonds is 2. The van der Waals surface area contributed by atoms with Crippen LogP contribution >= 0.6 is 0 Å². The molecule has 0 bridgehead atoms. The van der Waals surface area contributed by atoms with E-state index in [1.807, 2.05) is 0 Å². The van der Waals surface area contributed by atoms with Crippen LogP contribution in [0.25, 0.3) is 0 Å². The number of carboxylic acids is 1.